The number of aryl methyl sites for hydroxylation is 2. The summed E-state index contributed by atoms with van der Waals surface area (Å²) in [5.41, 5.74) is 4.67. The smallest absolute Gasteiger partial charge is 0.410 e. The number of hydrogen-bond acceptors (Lipinski definition) is 12. The lowest BCUT2D eigenvalue weighted by Gasteiger charge is -2.42. The van der Waals surface area contributed by atoms with Crippen LogP contribution >= 0.6 is 11.3 Å². The molecule has 19 nitrogen and oxygen atoms in total. The van der Waals surface area contributed by atoms with E-state index in [0.29, 0.717) is 34.2 Å². The fraction of sp³-hybridized carbons (Fsp3) is 0.521. The lowest BCUT2D eigenvalue weighted by atomic mass is 9.76. The number of nitrogens with zero attached hydrogens (tertiary/aromatic N) is 4. The van der Waals surface area contributed by atoms with Crippen LogP contribution in [-0.2, 0) is 59.3 Å². The Morgan fingerprint density at radius 2 is 1.27 bits per heavy atom. The van der Waals surface area contributed by atoms with Crippen LogP contribution in [0.15, 0.2) is 84.9 Å². The molecule has 2 aliphatic carbocycles. The van der Waals surface area contributed by atoms with Crippen LogP contribution in [0.5, 0.6) is 0 Å². The van der Waals surface area contributed by atoms with E-state index < -0.39 is 82.3 Å². The number of ether oxygens (including phenoxy) is 1. The molecule has 91 heavy (non-hydrogen) atoms. The quantitative estimate of drug-likeness (QED) is 0.0586. The molecule has 1 aromatic heterocycles. The molecule has 1 saturated heterocycles. The van der Waals surface area contributed by atoms with Gasteiger partial charge < -0.3 is 40.7 Å². The van der Waals surface area contributed by atoms with Gasteiger partial charge in [-0.3, -0.25) is 43.7 Å². The van der Waals surface area contributed by atoms with Gasteiger partial charge in [-0.15, -0.1) is 0 Å². The van der Waals surface area contributed by atoms with Gasteiger partial charge in [-0.05, 0) is 154 Å². The topological polar surface area (TPSA) is 246 Å². The molecular formula is C71H91N9O10S. The SMILES string of the molecule is CC[C@@H](C)C(=O)N[C@H](C(=O)N1Cc2cc(C(=O)Nc3nc4cc(C(=O)N[C@H]5C[C@@H](C(=O)NC6CCCc7ccccc76)N(C(=O)[C@@H](CC(=O)[C@H](C)N(C)C(=O)OC(C)(C)C)C(C)(C)C)C5)ccc4s3)ccc2C[C@H]1C(=O)N[C@@H]1CCCc2ccccc21)C(C)(C)C. The average Bonchev–Trinajstić information content (AvgIpc) is 1.53. The Morgan fingerprint density at radius 3 is 1.87 bits per heavy atom. The van der Waals surface area contributed by atoms with Crippen LogP contribution in [-0.4, -0.2) is 122 Å². The largest absolute Gasteiger partial charge is 0.444 e. The molecule has 3 heterocycles. The first-order valence-electron chi connectivity index (χ1n) is 32.2. The van der Waals surface area contributed by atoms with Crippen LogP contribution in [0.25, 0.3) is 10.2 Å². The lowest BCUT2D eigenvalue weighted by molar-refractivity contribution is -0.147. The fourth-order valence-corrected chi connectivity index (χ4v) is 13.7. The van der Waals surface area contributed by atoms with Crippen LogP contribution in [0.4, 0.5) is 9.93 Å². The van der Waals surface area contributed by atoms with Gasteiger partial charge in [0, 0.05) is 62.0 Å². The number of anilines is 1. The number of hydrogen-bond donors (Lipinski definition) is 5. The number of likely N-dealkylation sites (N-methyl/N-ethyl adjacent to an activating group) is 1. The average molecular weight is 1260 g/mol. The Hall–Kier alpha value is -8.00. The van der Waals surface area contributed by atoms with Crippen LogP contribution in [0.3, 0.4) is 0 Å². The second-order valence-corrected chi connectivity index (χ2v) is 29.5. The molecule has 1 fully saturated rings. The van der Waals surface area contributed by atoms with Gasteiger partial charge in [0.2, 0.25) is 29.5 Å². The molecule has 8 amide bonds. The molecular weight excluding hydrogens is 1170 g/mol. The monoisotopic (exact) mass is 1260 g/mol. The zero-order valence-electron chi connectivity index (χ0n) is 55.0. The van der Waals surface area contributed by atoms with Crippen LogP contribution in [0, 0.1) is 22.7 Å². The van der Waals surface area contributed by atoms with Gasteiger partial charge in [0.25, 0.3) is 11.8 Å². The molecule has 5 N–H and O–H groups in total. The number of ketones is 1. The Labute approximate surface area is 539 Å². The molecule has 2 aliphatic heterocycles. The highest BCUT2D eigenvalue weighted by molar-refractivity contribution is 7.22. The molecule has 9 rings (SSSR count). The summed E-state index contributed by atoms with van der Waals surface area (Å²) in [4.78, 5) is 137. The molecule has 1 unspecified atom stereocenters. The maximum absolute atomic E-state index is 15.1. The van der Waals surface area contributed by atoms with E-state index in [0.717, 1.165) is 54.4 Å². The summed E-state index contributed by atoms with van der Waals surface area (Å²) in [6.45, 7) is 21.8. The molecule has 0 spiro atoms. The number of amides is 8. The zero-order valence-corrected chi connectivity index (χ0v) is 55.9. The van der Waals surface area contributed by atoms with Crippen molar-refractivity contribution in [3.05, 3.63) is 129 Å². The number of carbonyl (C=O) groups excluding carboxylic acids is 9. The number of aromatic nitrogens is 1. The second kappa shape index (κ2) is 27.4. The van der Waals surface area contributed by atoms with Gasteiger partial charge in [0.1, 0.15) is 23.7 Å². The molecule has 486 valence electrons. The summed E-state index contributed by atoms with van der Waals surface area (Å²) in [7, 11) is 1.49. The third kappa shape index (κ3) is 15.7. The number of rotatable bonds is 17. The summed E-state index contributed by atoms with van der Waals surface area (Å²) in [5, 5.41) is 15.9. The maximum atomic E-state index is 15.1. The molecule has 0 saturated carbocycles. The molecule has 4 aromatic carbocycles. The summed E-state index contributed by atoms with van der Waals surface area (Å²) < 4.78 is 6.22. The van der Waals surface area contributed by atoms with Gasteiger partial charge in [0.05, 0.1) is 28.3 Å². The standard InChI is InChI=1S/C71H91N9O10S/c1-14-40(2)60(82)76-59(70(7,8)9)66(88)79-38-47-33-45(30-29-44(47)35-55(79)63(85)73-52-27-19-23-42-21-15-17-25-49(42)52)62(84)77-67-75-54-34-46(31-32-58(54)91-67)61(83)72-48-36-56(64(86)74-53-28-20-24-43-22-16-18-26-50(43)53)80(39-48)65(87)51(69(4,5)6)37-57(81)41(3)78(13)68(89)90-71(10,11)12/h15-18,21-22,25-26,29-34,40-41,48,51-53,55-56,59H,14,19-20,23-24,27-28,35-39H2,1-13H3,(H,72,83)(H,73,85)(H,74,86)(H,76,82)(H,75,77,84)/t40-,41+,48+,51-,52-,53?,55+,56+,59-/m1/s1. The van der Waals surface area contributed by atoms with E-state index >= 15 is 4.79 Å². The van der Waals surface area contributed by atoms with E-state index in [-0.39, 0.29) is 84.6 Å². The van der Waals surface area contributed by atoms with Crippen molar-refractivity contribution in [3.63, 3.8) is 0 Å². The van der Waals surface area contributed by atoms with Gasteiger partial charge in [-0.25, -0.2) is 9.78 Å². The van der Waals surface area contributed by atoms with Crippen molar-refractivity contribution in [1.29, 1.82) is 0 Å². The first-order valence-corrected chi connectivity index (χ1v) is 33.0. The van der Waals surface area contributed by atoms with Crippen LogP contribution in [0.1, 0.15) is 194 Å². The van der Waals surface area contributed by atoms with Crippen molar-refractivity contribution < 1.29 is 47.9 Å². The highest BCUT2D eigenvalue weighted by Crippen LogP contribution is 2.38. The van der Waals surface area contributed by atoms with Gasteiger partial charge in [0.15, 0.2) is 10.9 Å². The second-order valence-electron chi connectivity index (χ2n) is 28.5. The van der Waals surface area contributed by atoms with E-state index in [1.54, 1.807) is 62.9 Å². The summed E-state index contributed by atoms with van der Waals surface area (Å²) in [5.74, 6) is -4.22. The first kappa shape index (κ1) is 67.4. The zero-order chi connectivity index (χ0) is 66.0. The van der Waals surface area contributed by atoms with Crippen molar-refractivity contribution >= 4 is 79.9 Å². The number of thiazole rings is 1. The van der Waals surface area contributed by atoms with Gasteiger partial charge in [-0.1, -0.05) is 121 Å². The van der Waals surface area contributed by atoms with Crippen LogP contribution < -0.4 is 26.6 Å². The third-order valence-electron chi connectivity index (χ3n) is 18.6. The molecule has 0 bridgehead atoms. The minimum atomic E-state index is -0.986. The molecule has 0 radical (unpaired) electrons. The van der Waals surface area contributed by atoms with E-state index in [1.165, 1.54) is 33.7 Å². The first-order chi connectivity index (χ1) is 42.9. The lowest BCUT2D eigenvalue weighted by Crippen LogP contribution is -2.61. The number of carbonyl (C=O) groups is 9. The Kier molecular flexibility index (Phi) is 20.3. The van der Waals surface area contributed by atoms with E-state index in [1.807, 2.05) is 97.9 Å². The normalized spacial score (nSPS) is 20.3. The number of nitrogens with one attached hydrogen (secondary N) is 5. The molecule has 4 aliphatic rings. The predicted molar refractivity (Wildman–Crippen MR) is 351 cm³/mol. The summed E-state index contributed by atoms with van der Waals surface area (Å²) in [6, 6.07) is 21.4. The van der Waals surface area contributed by atoms with Gasteiger partial charge in [-0.2, -0.15) is 0 Å². The fourth-order valence-electron chi connectivity index (χ4n) is 12.9. The number of Topliss-reactive ketones (excluding diaryl/α,β-unsaturated/α-hetero) is 1. The van der Waals surface area contributed by atoms with Crippen molar-refractivity contribution in [2.45, 2.75) is 202 Å². The Bertz CT molecular complexity index is 3620. The summed E-state index contributed by atoms with van der Waals surface area (Å²) in [6.07, 6.45) is 5.06. The molecule has 5 aromatic rings. The Morgan fingerprint density at radius 1 is 0.681 bits per heavy atom. The molecule has 20 heteroatoms. The van der Waals surface area contributed by atoms with Crippen molar-refractivity contribution in [2.75, 3.05) is 18.9 Å². The van der Waals surface area contributed by atoms with E-state index in [9.17, 15) is 38.4 Å². The van der Waals surface area contributed by atoms with E-state index in [4.69, 9.17) is 9.72 Å². The highest BCUT2D eigenvalue weighted by Gasteiger charge is 2.47. The van der Waals surface area contributed by atoms with Crippen molar-refractivity contribution in [3.8, 4) is 0 Å². The third-order valence-corrected chi connectivity index (χ3v) is 19.5. The van der Waals surface area contributed by atoms with Crippen molar-refractivity contribution in [1.82, 2.24) is 41.0 Å². The number of benzene rings is 4. The number of fused-ring (bicyclic) bond motifs is 4. The predicted octanol–water partition coefficient (Wildman–Crippen LogP) is 10.3. The Balaban J connectivity index is 0.915. The van der Waals surface area contributed by atoms with Gasteiger partial charge >= 0.3 is 6.09 Å². The maximum Gasteiger partial charge on any atom is 0.410 e. The highest BCUT2D eigenvalue weighted by atomic mass is 32.1. The van der Waals surface area contributed by atoms with E-state index in [2.05, 4.69) is 38.7 Å². The van der Waals surface area contributed by atoms with Crippen molar-refractivity contribution in [2.24, 2.45) is 22.7 Å². The van der Waals surface area contributed by atoms with Crippen LogP contribution in [0.2, 0.25) is 0 Å². The minimum absolute atomic E-state index is 0.00989. The number of likely N-dealkylation sites (tertiary alicyclic amines) is 1. The summed E-state index contributed by atoms with van der Waals surface area (Å²) >= 11 is 1.22. The molecule has 9 atom stereocenters. The minimum Gasteiger partial charge on any atom is -0.444 e.